The van der Waals surface area contributed by atoms with E-state index in [-0.39, 0.29) is 29.3 Å². The Kier molecular flexibility index (Phi) is 9.04. The number of aryl methyl sites for hydroxylation is 1. The number of carbonyl (C=O) groups is 1. The quantitative estimate of drug-likeness (QED) is 0.522. The first-order valence-corrected chi connectivity index (χ1v) is 10.4. The van der Waals surface area contributed by atoms with Gasteiger partial charge in [0.15, 0.2) is 11.0 Å². The van der Waals surface area contributed by atoms with E-state index in [4.69, 9.17) is 9.47 Å². The van der Waals surface area contributed by atoms with Crippen LogP contribution in [0.1, 0.15) is 29.3 Å². The van der Waals surface area contributed by atoms with Crippen molar-refractivity contribution in [3.05, 3.63) is 53.6 Å². The number of hydrogen-bond acceptors (Lipinski definition) is 6. The summed E-state index contributed by atoms with van der Waals surface area (Å²) < 4.78 is 11.0. The number of ketones is 1. The maximum absolute atomic E-state index is 13.0. The summed E-state index contributed by atoms with van der Waals surface area (Å²) in [6, 6.07) is 13.4. The number of aliphatic imine (C=N–C) groups is 1. The second-order valence-corrected chi connectivity index (χ2v) is 7.53. The van der Waals surface area contributed by atoms with Gasteiger partial charge in [-0.1, -0.05) is 43.0 Å². The number of hydrogen-bond donors (Lipinski definition) is 0. The number of carbonyl (C=O) groups excluding carboxylic acids is 1. The summed E-state index contributed by atoms with van der Waals surface area (Å²) >= 11 is 1.67. The molecule has 2 aromatic carbocycles. The minimum absolute atomic E-state index is 0. The SMILES string of the molecule is Br.CCc1ccc(C(=O)CN(C2=NCCCS2)c2cc(OC)ccc2OC)cc1. The predicted octanol–water partition coefficient (Wildman–Crippen LogP) is 5.03. The van der Waals surface area contributed by atoms with Crippen LogP contribution in [-0.2, 0) is 6.42 Å². The van der Waals surface area contributed by atoms with Crippen molar-refractivity contribution < 1.29 is 14.3 Å². The van der Waals surface area contributed by atoms with Gasteiger partial charge in [-0.15, -0.1) is 17.0 Å². The molecule has 1 heterocycles. The van der Waals surface area contributed by atoms with Crippen LogP contribution in [-0.4, -0.2) is 44.0 Å². The molecule has 2 aromatic rings. The number of methoxy groups -OCH3 is 2. The fourth-order valence-corrected chi connectivity index (χ4v) is 3.99. The second kappa shape index (κ2) is 11.3. The first-order chi connectivity index (χ1) is 13.7. The van der Waals surface area contributed by atoms with Gasteiger partial charge in [0.2, 0.25) is 0 Å². The molecular weight excluding hydrogens is 452 g/mol. The van der Waals surface area contributed by atoms with Crippen LogP contribution in [0.25, 0.3) is 0 Å². The first kappa shape index (κ1) is 23.3. The maximum Gasteiger partial charge on any atom is 0.182 e. The number of benzene rings is 2. The number of amidine groups is 1. The third kappa shape index (κ3) is 5.76. The fourth-order valence-electron chi connectivity index (χ4n) is 3.04. The lowest BCUT2D eigenvalue weighted by Gasteiger charge is -2.28. The number of Topliss-reactive ketones (excluding diaryl/α,β-unsaturated/α-hetero) is 1. The highest BCUT2D eigenvalue weighted by atomic mass is 79.9. The van der Waals surface area contributed by atoms with Crippen molar-refractivity contribution in [3.63, 3.8) is 0 Å². The van der Waals surface area contributed by atoms with Crippen molar-refractivity contribution >= 4 is 45.4 Å². The van der Waals surface area contributed by atoms with E-state index >= 15 is 0 Å². The maximum atomic E-state index is 13.0. The van der Waals surface area contributed by atoms with E-state index in [1.807, 2.05) is 47.4 Å². The lowest BCUT2D eigenvalue weighted by Crippen LogP contribution is -2.36. The van der Waals surface area contributed by atoms with Gasteiger partial charge in [0.25, 0.3) is 0 Å². The van der Waals surface area contributed by atoms with E-state index in [2.05, 4.69) is 11.9 Å². The Morgan fingerprint density at radius 2 is 1.90 bits per heavy atom. The molecule has 0 radical (unpaired) electrons. The molecule has 0 spiro atoms. The summed E-state index contributed by atoms with van der Waals surface area (Å²) in [5, 5.41) is 0.844. The van der Waals surface area contributed by atoms with Crippen LogP contribution < -0.4 is 14.4 Å². The normalized spacial score (nSPS) is 13.1. The molecule has 7 heteroatoms. The number of rotatable bonds is 7. The zero-order valence-electron chi connectivity index (χ0n) is 17.0. The summed E-state index contributed by atoms with van der Waals surface area (Å²) in [4.78, 5) is 19.7. The average Bonchev–Trinajstić information content (AvgIpc) is 2.77. The Bertz CT molecular complexity index is 856. The largest absolute Gasteiger partial charge is 0.497 e. The third-order valence-electron chi connectivity index (χ3n) is 4.67. The lowest BCUT2D eigenvalue weighted by molar-refractivity contribution is 0.100. The molecule has 5 nitrogen and oxygen atoms in total. The zero-order valence-corrected chi connectivity index (χ0v) is 19.5. The van der Waals surface area contributed by atoms with Crippen molar-refractivity contribution in [3.8, 4) is 11.5 Å². The van der Waals surface area contributed by atoms with Crippen LogP contribution in [0, 0.1) is 0 Å². The van der Waals surface area contributed by atoms with Crippen LogP contribution >= 0.6 is 28.7 Å². The number of thioether (sulfide) groups is 1. The predicted molar refractivity (Wildman–Crippen MR) is 127 cm³/mol. The zero-order chi connectivity index (χ0) is 19.9. The van der Waals surface area contributed by atoms with Gasteiger partial charge in [-0.25, -0.2) is 0 Å². The Labute approximate surface area is 187 Å². The van der Waals surface area contributed by atoms with Gasteiger partial charge < -0.3 is 14.4 Å². The summed E-state index contributed by atoms with van der Waals surface area (Å²) in [5.41, 5.74) is 2.70. The summed E-state index contributed by atoms with van der Waals surface area (Å²) in [5.74, 6) is 2.42. The molecule has 0 saturated carbocycles. The molecule has 0 aromatic heterocycles. The number of anilines is 1. The van der Waals surface area contributed by atoms with Gasteiger partial charge in [-0.05, 0) is 30.5 Å². The van der Waals surface area contributed by atoms with Gasteiger partial charge >= 0.3 is 0 Å². The molecule has 0 bridgehead atoms. The van der Waals surface area contributed by atoms with E-state index < -0.39 is 0 Å². The van der Waals surface area contributed by atoms with E-state index in [0.717, 1.165) is 36.0 Å². The Balaban J connectivity index is 0.00000300. The van der Waals surface area contributed by atoms with Crippen molar-refractivity contribution in [2.45, 2.75) is 19.8 Å². The van der Waals surface area contributed by atoms with E-state index in [9.17, 15) is 4.79 Å². The standard InChI is InChI=1S/C22H26N2O3S.BrH/c1-4-16-6-8-17(9-7-16)20(25)15-24(22-23-12-5-13-28-22)19-14-18(26-2)10-11-21(19)27-3;/h6-11,14H,4-5,12-13,15H2,1-3H3;1H. The number of ether oxygens (including phenoxy) is 2. The third-order valence-corrected chi connectivity index (χ3v) is 5.77. The van der Waals surface area contributed by atoms with Crippen LogP contribution in [0.2, 0.25) is 0 Å². The smallest absolute Gasteiger partial charge is 0.182 e. The Hall–Kier alpha value is -1.99. The molecule has 0 atom stereocenters. The average molecular weight is 479 g/mol. The van der Waals surface area contributed by atoms with Crippen molar-refractivity contribution in [1.29, 1.82) is 0 Å². The van der Waals surface area contributed by atoms with Crippen LogP contribution in [0.15, 0.2) is 47.5 Å². The topological polar surface area (TPSA) is 51.1 Å². The Morgan fingerprint density at radius 1 is 1.14 bits per heavy atom. The highest BCUT2D eigenvalue weighted by Gasteiger charge is 2.24. The fraction of sp³-hybridized carbons (Fsp3) is 0.364. The number of nitrogens with zero attached hydrogens (tertiary/aromatic N) is 2. The molecule has 0 saturated heterocycles. The molecule has 0 fully saturated rings. The molecule has 0 aliphatic carbocycles. The van der Waals surface area contributed by atoms with Gasteiger partial charge in [-0.3, -0.25) is 9.79 Å². The van der Waals surface area contributed by atoms with Gasteiger partial charge in [0.1, 0.15) is 11.5 Å². The van der Waals surface area contributed by atoms with Crippen LogP contribution in [0.3, 0.4) is 0 Å². The van der Waals surface area contributed by atoms with Crippen molar-refractivity contribution in [2.24, 2.45) is 4.99 Å². The molecule has 0 amide bonds. The van der Waals surface area contributed by atoms with Gasteiger partial charge in [0.05, 0.1) is 26.5 Å². The molecule has 1 aliphatic rings. The van der Waals surface area contributed by atoms with Gasteiger partial charge in [0, 0.05) is 23.9 Å². The van der Waals surface area contributed by atoms with Crippen molar-refractivity contribution in [1.82, 2.24) is 0 Å². The monoisotopic (exact) mass is 478 g/mol. The van der Waals surface area contributed by atoms with E-state index in [1.54, 1.807) is 26.0 Å². The summed E-state index contributed by atoms with van der Waals surface area (Å²) in [6.45, 7) is 3.07. The molecule has 3 rings (SSSR count). The molecule has 29 heavy (non-hydrogen) atoms. The molecular formula is C22H27BrN2O3S. The van der Waals surface area contributed by atoms with Gasteiger partial charge in [-0.2, -0.15) is 0 Å². The highest BCUT2D eigenvalue weighted by molar-refractivity contribution is 8.93. The summed E-state index contributed by atoms with van der Waals surface area (Å²) in [6.07, 6.45) is 2.00. The summed E-state index contributed by atoms with van der Waals surface area (Å²) in [7, 11) is 3.26. The molecule has 0 N–H and O–H groups in total. The minimum atomic E-state index is 0. The number of halogens is 1. The first-order valence-electron chi connectivity index (χ1n) is 9.45. The molecule has 1 aliphatic heterocycles. The minimum Gasteiger partial charge on any atom is -0.497 e. The highest BCUT2D eigenvalue weighted by Crippen LogP contribution is 2.35. The lowest BCUT2D eigenvalue weighted by atomic mass is 10.1. The molecule has 156 valence electrons. The Morgan fingerprint density at radius 3 is 2.48 bits per heavy atom. The van der Waals surface area contributed by atoms with Crippen LogP contribution in [0.5, 0.6) is 11.5 Å². The van der Waals surface area contributed by atoms with E-state index in [1.165, 1.54) is 5.56 Å². The van der Waals surface area contributed by atoms with Crippen LogP contribution in [0.4, 0.5) is 5.69 Å². The molecule has 0 unspecified atom stereocenters. The van der Waals surface area contributed by atoms with E-state index in [0.29, 0.717) is 17.1 Å². The second-order valence-electron chi connectivity index (χ2n) is 6.46. The van der Waals surface area contributed by atoms with Crippen molar-refractivity contribution in [2.75, 3.05) is 38.0 Å².